The van der Waals surface area contributed by atoms with Crippen LogP contribution in [-0.2, 0) is 19.1 Å². The maximum atomic E-state index is 12.9. The van der Waals surface area contributed by atoms with Gasteiger partial charge in [0.1, 0.15) is 5.75 Å². The Morgan fingerprint density at radius 3 is 2.52 bits per heavy atom. The molecule has 5 atom stereocenters. The van der Waals surface area contributed by atoms with E-state index in [4.69, 9.17) is 8.92 Å². The van der Waals surface area contributed by atoms with Crippen molar-refractivity contribution in [3.05, 3.63) is 48.6 Å². The first-order valence-corrected chi connectivity index (χ1v) is 13.4. The number of ether oxygens (including phenoxy) is 1. The molecule has 0 aliphatic heterocycles. The van der Waals surface area contributed by atoms with Crippen LogP contribution in [0.15, 0.2) is 53.5 Å². The van der Waals surface area contributed by atoms with Crippen molar-refractivity contribution >= 4 is 16.6 Å². The van der Waals surface area contributed by atoms with Crippen LogP contribution >= 0.6 is 0 Å². The van der Waals surface area contributed by atoms with Gasteiger partial charge in [-0.3, -0.25) is 8.98 Å². The Morgan fingerprint density at radius 1 is 1.12 bits per heavy atom. The van der Waals surface area contributed by atoms with Gasteiger partial charge in [-0.1, -0.05) is 44.9 Å². The highest BCUT2D eigenvalue weighted by atomic mass is 32.2. The van der Waals surface area contributed by atoms with Crippen molar-refractivity contribution < 1.29 is 22.1 Å². The Hall–Kier alpha value is -1.92. The largest absolute Gasteiger partial charge is 0.429 e. The first kappa shape index (κ1) is 24.2. The monoisotopic (exact) mass is 472 g/mol. The van der Waals surface area contributed by atoms with Crippen LogP contribution in [0.5, 0.6) is 5.75 Å². The molecule has 180 valence electrons. The predicted molar refractivity (Wildman–Crippen MR) is 128 cm³/mol. The molecular formula is C27H36O5S. The molecule has 1 aromatic rings. The van der Waals surface area contributed by atoms with Crippen LogP contribution in [0.3, 0.4) is 0 Å². The zero-order valence-corrected chi connectivity index (χ0v) is 20.8. The fourth-order valence-corrected chi connectivity index (χ4v) is 7.97. The molecule has 0 spiro atoms. The Bertz CT molecular complexity index is 1040. The number of rotatable bonds is 7. The van der Waals surface area contributed by atoms with E-state index in [1.807, 2.05) is 0 Å². The van der Waals surface area contributed by atoms with E-state index in [2.05, 4.69) is 39.5 Å². The molecule has 6 heteroatoms. The maximum Gasteiger partial charge on any atom is 0.298 e. The highest BCUT2D eigenvalue weighted by Gasteiger charge is 2.55. The second-order valence-corrected chi connectivity index (χ2v) is 12.7. The van der Waals surface area contributed by atoms with E-state index in [0.717, 1.165) is 44.9 Å². The Balaban J connectivity index is 1.53. The van der Waals surface area contributed by atoms with Crippen molar-refractivity contribution in [1.29, 1.82) is 0 Å². The molecule has 3 aliphatic rings. The molecule has 0 amide bonds. The highest BCUT2D eigenvalue weighted by molar-refractivity contribution is 7.86. The number of fused-ring (bicyclic) bond motifs is 3. The number of allylic oxidation sites excluding steroid dienone is 3. The van der Waals surface area contributed by atoms with E-state index < -0.39 is 10.1 Å². The number of carbonyl (C=O) groups excluding carboxylic acids is 1. The molecule has 2 saturated carbocycles. The van der Waals surface area contributed by atoms with Gasteiger partial charge in [0.25, 0.3) is 16.6 Å². The second kappa shape index (κ2) is 8.70. The topological polar surface area (TPSA) is 69.7 Å². The first-order valence-electron chi connectivity index (χ1n) is 12.0. The van der Waals surface area contributed by atoms with Crippen LogP contribution in [0.25, 0.3) is 0 Å². The third kappa shape index (κ3) is 4.44. The quantitative estimate of drug-likeness (QED) is 0.274. The zero-order valence-electron chi connectivity index (χ0n) is 20.0. The zero-order chi connectivity index (χ0) is 23.9. The average Bonchev–Trinajstić information content (AvgIpc) is 2.78. The molecule has 0 radical (unpaired) electrons. The van der Waals surface area contributed by atoms with Gasteiger partial charge in [-0.2, -0.15) is 8.42 Å². The fourth-order valence-electron chi connectivity index (χ4n) is 6.94. The lowest BCUT2D eigenvalue weighted by Gasteiger charge is -2.59. The lowest BCUT2D eigenvalue weighted by molar-refractivity contribution is -0.120. The summed E-state index contributed by atoms with van der Waals surface area (Å²) >= 11 is 0. The summed E-state index contributed by atoms with van der Waals surface area (Å²) in [6.45, 7) is 11.5. The number of carbonyl (C=O) groups is 1. The van der Waals surface area contributed by atoms with Gasteiger partial charge in [-0.25, -0.2) is 0 Å². The molecule has 33 heavy (non-hydrogen) atoms. The van der Waals surface area contributed by atoms with Gasteiger partial charge in [0.05, 0.1) is 11.5 Å². The van der Waals surface area contributed by atoms with Crippen molar-refractivity contribution in [3.8, 4) is 5.75 Å². The van der Waals surface area contributed by atoms with Gasteiger partial charge in [0.15, 0.2) is 0 Å². The standard InChI is InChI=1S/C27H36O5S/c1-5-25(2)16-13-23-20(17-25)7-12-24-26(3,14-6-15-27(23,24)4)18-32-33(29,30)22-10-8-21(9-11-22)31-19-28/h5,8-11,13,19-20,24H,1,6-7,12,14-18H2,2-4H3/t20?,24?,25-,26-,27-/m1/s1. The van der Waals surface area contributed by atoms with Gasteiger partial charge in [-0.15, -0.1) is 6.58 Å². The van der Waals surface area contributed by atoms with Crippen LogP contribution in [-0.4, -0.2) is 21.5 Å². The summed E-state index contributed by atoms with van der Waals surface area (Å²) in [5.74, 6) is 1.29. The Labute approximate surface area is 198 Å². The minimum atomic E-state index is -3.90. The van der Waals surface area contributed by atoms with Crippen LogP contribution in [0.4, 0.5) is 0 Å². The molecule has 2 fully saturated rings. The third-order valence-electron chi connectivity index (χ3n) is 8.79. The molecule has 5 nitrogen and oxygen atoms in total. The van der Waals surface area contributed by atoms with Crippen molar-refractivity contribution in [2.75, 3.05) is 6.61 Å². The minimum Gasteiger partial charge on any atom is -0.429 e. The molecule has 1 aromatic carbocycles. The van der Waals surface area contributed by atoms with Crippen molar-refractivity contribution in [2.45, 2.75) is 70.6 Å². The summed E-state index contributed by atoms with van der Waals surface area (Å²) in [4.78, 5) is 10.5. The van der Waals surface area contributed by atoms with Gasteiger partial charge < -0.3 is 4.74 Å². The number of benzene rings is 1. The molecule has 0 aromatic heterocycles. The minimum absolute atomic E-state index is 0.0744. The van der Waals surface area contributed by atoms with Gasteiger partial charge in [0.2, 0.25) is 0 Å². The molecule has 0 N–H and O–H groups in total. The van der Waals surface area contributed by atoms with Crippen LogP contribution in [0.1, 0.15) is 65.7 Å². The van der Waals surface area contributed by atoms with Crippen LogP contribution in [0.2, 0.25) is 0 Å². The van der Waals surface area contributed by atoms with Crippen molar-refractivity contribution in [2.24, 2.45) is 28.1 Å². The first-order chi connectivity index (χ1) is 15.6. The van der Waals surface area contributed by atoms with Gasteiger partial charge >= 0.3 is 0 Å². The van der Waals surface area contributed by atoms with Crippen LogP contribution < -0.4 is 4.74 Å². The number of hydrogen-bond donors (Lipinski definition) is 0. The number of hydrogen-bond acceptors (Lipinski definition) is 5. The van der Waals surface area contributed by atoms with E-state index in [1.165, 1.54) is 24.3 Å². The second-order valence-electron chi connectivity index (χ2n) is 11.1. The van der Waals surface area contributed by atoms with Crippen LogP contribution in [0, 0.1) is 28.1 Å². The van der Waals surface area contributed by atoms with E-state index in [-0.39, 0.29) is 27.7 Å². The van der Waals surface area contributed by atoms with Gasteiger partial charge in [0, 0.05) is 0 Å². The normalized spacial score (nSPS) is 36.2. The predicted octanol–water partition coefficient (Wildman–Crippen LogP) is 6.06. The molecule has 2 unspecified atom stereocenters. The molecular weight excluding hydrogens is 436 g/mol. The SMILES string of the molecule is C=C[C@]1(C)CC=C2C(CCC3[C@@](C)(COS(=O)(=O)c4ccc(OC=O)cc4)CCC[C@]23C)C1. The smallest absolute Gasteiger partial charge is 0.298 e. The van der Waals surface area contributed by atoms with Crippen molar-refractivity contribution in [1.82, 2.24) is 0 Å². The molecule has 3 aliphatic carbocycles. The average molecular weight is 473 g/mol. The third-order valence-corrected chi connectivity index (χ3v) is 10.1. The summed E-state index contributed by atoms with van der Waals surface area (Å²) in [6, 6.07) is 5.74. The van der Waals surface area contributed by atoms with Crippen molar-refractivity contribution in [3.63, 3.8) is 0 Å². The molecule has 0 heterocycles. The highest BCUT2D eigenvalue weighted by Crippen LogP contribution is 2.63. The van der Waals surface area contributed by atoms with Gasteiger partial charge in [-0.05, 0) is 90.9 Å². The lowest BCUT2D eigenvalue weighted by atomic mass is 9.46. The molecule has 4 rings (SSSR count). The lowest BCUT2D eigenvalue weighted by Crippen LogP contribution is -2.51. The Kier molecular flexibility index (Phi) is 6.38. The van der Waals surface area contributed by atoms with E-state index in [1.54, 1.807) is 5.57 Å². The molecule has 0 saturated heterocycles. The summed E-state index contributed by atoms with van der Waals surface area (Å²) < 4.78 is 36.2. The molecule has 0 bridgehead atoms. The maximum absolute atomic E-state index is 12.9. The summed E-state index contributed by atoms with van der Waals surface area (Å²) in [6.07, 6.45) is 12.3. The fraction of sp³-hybridized carbons (Fsp3) is 0.593. The summed E-state index contributed by atoms with van der Waals surface area (Å²) in [5, 5.41) is 0. The van der Waals surface area contributed by atoms with E-state index >= 15 is 0 Å². The summed E-state index contributed by atoms with van der Waals surface area (Å²) in [7, 11) is -3.90. The van der Waals surface area contributed by atoms with E-state index in [9.17, 15) is 13.2 Å². The summed E-state index contributed by atoms with van der Waals surface area (Å²) in [5.41, 5.74) is 1.67. The van der Waals surface area contributed by atoms with E-state index in [0.29, 0.717) is 24.1 Å². The Morgan fingerprint density at radius 2 is 1.85 bits per heavy atom.